The molecule has 1 amide bonds. The van der Waals surface area contributed by atoms with Crippen molar-refractivity contribution in [2.75, 3.05) is 12.8 Å². The molecular formula is C10H15N3O3. The fraction of sp³-hybridized carbons (Fsp3) is 0.300. The lowest BCUT2D eigenvalue weighted by Gasteiger charge is -2.02. The molecule has 3 N–H and O–H groups in total. The maximum Gasteiger partial charge on any atom is 0.270 e. The van der Waals surface area contributed by atoms with E-state index in [0.29, 0.717) is 0 Å². The topological polar surface area (TPSA) is 98.3 Å². The van der Waals surface area contributed by atoms with Gasteiger partial charge in [0.05, 0.1) is 10.5 Å². The molecule has 0 radical (unpaired) electrons. The quantitative estimate of drug-likeness (QED) is 0.453. The van der Waals surface area contributed by atoms with Gasteiger partial charge in [-0.25, -0.2) is 0 Å². The number of carbonyl (C=O) groups excluding carboxylic acids is 1. The normalized spacial score (nSPS) is 8.69. The fourth-order valence-electron chi connectivity index (χ4n) is 0.989. The Labute approximate surface area is 93.6 Å². The highest BCUT2D eigenvalue weighted by Crippen LogP contribution is 2.19. The predicted molar refractivity (Wildman–Crippen MR) is 62.2 cm³/mol. The van der Waals surface area contributed by atoms with E-state index in [9.17, 15) is 14.9 Å². The highest BCUT2D eigenvalue weighted by atomic mass is 16.6. The number of nitro groups is 1. The zero-order chi connectivity index (χ0) is 12.7. The second kappa shape index (κ2) is 6.39. The number of nitrogen functional groups attached to an aromatic ring is 1. The van der Waals surface area contributed by atoms with Crippen molar-refractivity contribution in [2.45, 2.75) is 13.8 Å². The highest BCUT2D eigenvalue weighted by Gasteiger charge is 2.13. The first-order chi connectivity index (χ1) is 7.56. The molecule has 0 aliphatic rings. The average Bonchev–Trinajstić information content (AvgIpc) is 2.31. The molecule has 0 aromatic heterocycles. The molecule has 0 heterocycles. The molecule has 6 heteroatoms. The standard InChI is InChI=1S/C8H9N3O3.C2H6/c1-10-8(12)6-4-5(11(13)14)2-3-7(6)9;1-2/h2-4H,9H2,1H3,(H,10,12);1-2H3. The van der Waals surface area contributed by atoms with E-state index in [1.54, 1.807) is 0 Å². The molecule has 6 nitrogen and oxygen atoms in total. The molecular weight excluding hydrogens is 210 g/mol. The van der Waals surface area contributed by atoms with Crippen molar-refractivity contribution in [3.8, 4) is 0 Å². The van der Waals surface area contributed by atoms with Crippen molar-refractivity contribution in [3.05, 3.63) is 33.9 Å². The number of carbonyl (C=O) groups is 1. The highest BCUT2D eigenvalue weighted by molar-refractivity contribution is 5.99. The summed E-state index contributed by atoms with van der Waals surface area (Å²) in [7, 11) is 1.43. The third-order valence-corrected chi connectivity index (χ3v) is 1.72. The number of hydrogen-bond donors (Lipinski definition) is 2. The lowest BCUT2D eigenvalue weighted by molar-refractivity contribution is -0.384. The van der Waals surface area contributed by atoms with Crippen LogP contribution in [-0.4, -0.2) is 17.9 Å². The molecule has 16 heavy (non-hydrogen) atoms. The molecule has 0 atom stereocenters. The summed E-state index contributed by atoms with van der Waals surface area (Å²) in [5.41, 5.74) is 5.66. The van der Waals surface area contributed by atoms with E-state index in [4.69, 9.17) is 5.73 Å². The maximum atomic E-state index is 11.2. The van der Waals surface area contributed by atoms with Crippen LogP contribution in [0.2, 0.25) is 0 Å². The van der Waals surface area contributed by atoms with E-state index in [1.807, 2.05) is 13.8 Å². The first kappa shape index (κ1) is 13.9. The van der Waals surface area contributed by atoms with Crippen LogP contribution in [-0.2, 0) is 0 Å². The zero-order valence-corrected chi connectivity index (χ0v) is 9.48. The van der Waals surface area contributed by atoms with Gasteiger partial charge in [-0.3, -0.25) is 14.9 Å². The van der Waals surface area contributed by atoms with Crippen molar-refractivity contribution in [3.63, 3.8) is 0 Å². The molecule has 1 aromatic carbocycles. The van der Waals surface area contributed by atoms with E-state index < -0.39 is 10.8 Å². The summed E-state index contributed by atoms with van der Waals surface area (Å²) in [6, 6.07) is 3.73. The number of amides is 1. The summed E-state index contributed by atoms with van der Waals surface area (Å²) in [6.07, 6.45) is 0. The first-order valence-electron chi connectivity index (χ1n) is 4.82. The number of rotatable bonds is 2. The summed E-state index contributed by atoms with van der Waals surface area (Å²) in [6.45, 7) is 4.00. The smallest absolute Gasteiger partial charge is 0.270 e. The minimum Gasteiger partial charge on any atom is -0.398 e. The molecule has 0 unspecified atom stereocenters. The van der Waals surface area contributed by atoms with Gasteiger partial charge in [0.2, 0.25) is 0 Å². The maximum absolute atomic E-state index is 11.2. The van der Waals surface area contributed by atoms with Gasteiger partial charge in [-0.1, -0.05) is 13.8 Å². The first-order valence-corrected chi connectivity index (χ1v) is 4.82. The van der Waals surface area contributed by atoms with Crippen molar-refractivity contribution >= 4 is 17.3 Å². The molecule has 1 aromatic rings. The van der Waals surface area contributed by atoms with Crippen molar-refractivity contribution in [1.29, 1.82) is 0 Å². The summed E-state index contributed by atoms with van der Waals surface area (Å²) in [5, 5.41) is 12.8. The minimum atomic E-state index is -0.578. The summed E-state index contributed by atoms with van der Waals surface area (Å²) in [5.74, 6) is -0.439. The molecule has 1 rings (SSSR count). The van der Waals surface area contributed by atoms with Crippen LogP contribution in [0.3, 0.4) is 0 Å². The van der Waals surface area contributed by atoms with Gasteiger partial charge in [0.1, 0.15) is 0 Å². The van der Waals surface area contributed by atoms with Crippen LogP contribution >= 0.6 is 0 Å². The largest absolute Gasteiger partial charge is 0.398 e. The van der Waals surface area contributed by atoms with Crippen molar-refractivity contribution in [2.24, 2.45) is 0 Å². The van der Waals surface area contributed by atoms with E-state index >= 15 is 0 Å². The third kappa shape index (κ3) is 3.23. The van der Waals surface area contributed by atoms with Crippen LogP contribution < -0.4 is 11.1 Å². The SMILES string of the molecule is CC.CNC(=O)c1cc([N+](=O)[O-])ccc1N. The van der Waals surface area contributed by atoms with E-state index in [0.717, 1.165) is 6.07 Å². The average molecular weight is 225 g/mol. The number of nitrogens with one attached hydrogen (secondary N) is 1. The third-order valence-electron chi connectivity index (χ3n) is 1.72. The van der Waals surface area contributed by atoms with Gasteiger partial charge >= 0.3 is 0 Å². The Balaban J connectivity index is 0.00000106. The van der Waals surface area contributed by atoms with Crippen LogP contribution in [0.5, 0.6) is 0 Å². The molecule has 0 aliphatic carbocycles. The fourth-order valence-corrected chi connectivity index (χ4v) is 0.989. The summed E-state index contributed by atoms with van der Waals surface area (Å²) >= 11 is 0. The Hall–Kier alpha value is -2.11. The van der Waals surface area contributed by atoms with E-state index in [2.05, 4.69) is 5.32 Å². The van der Waals surface area contributed by atoms with Crippen LogP contribution in [0, 0.1) is 10.1 Å². The minimum absolute atomic E-state index is 0.113. The Bertz CT molecular complexity index is 391. The molecule has 0 aliphatic heterocycles. The van der Waals surface area contributed by atoms with Crippen LogP contribution in [0.1, 0.15) is 24.2 Å². The number of nitro benzene ring substituents is 1. The predicted octanol–water partition coefficient (Wildman–Crippen LogP) is 1.56. The molecule has 0 saturated carbocycles. The lowest BCUT2D eigenvalue weighted by Crippen LogP contribution is -2.19. The Kier molecular flexibility index (Phi) is 5.55. The monoisotopic (exact) mass is 225 g/mol. The number of nitrogens with zero attached hydrogens (tertiary/aromatic N) is 1. The second-order valence-electron chi connectivity index (χ2n) is 2.61. The zero-order valence-electron chi connectivity index (χ0n) is 9.48. The number of benzene rings is 1. The van der Waals surface area contributed by atoms with Gasteiger partial charge in [0.15, 0.2) is 0 Å². The van der Waals surface area contributed by atoms with Crippen LogP contribution in [0.25, 0.3) is 0 Å². The summed E-state index contributed by atoms with van der Waals surface area (Å²) < 4.78 is 0. The van der Waals surface area contributed by atoms with Gasteiger partial charge in [-0.15, -0.1) is 0 Å². The van der Waals surface area contributed by atoms with E-state index in [-0.39, 0.29) is 16.9 Å². The molecule has 0 saturated heterocycles. The number of anilines is 1. The van der Waals surface area contributed by atoms with Gasteiger partial charge < -0.3 is 11.1 Å². The molecule has 88 valence electrons. The summed E-state index contributed by atoms with van der Waals surface area (Å²) in [4.78, 5) is 21.0. The van der Waals surface area contributed by atoms with Crippen LogP contribution in [0.4, 0.5) is 11.4 Å². The number of nitrogens with two attached hydrogens (primary N) is 1. The van der Waals surface area contributed by atoms with Crippen molar-refractivity contribution in [1.82, 2.24) is 5.32 Å². The van der Waals surface area contributed by atoms with Gasteiger partial charge in [0, 0.05) is 24.9 Å². The molecule has 0 spiro atoms. The van der Waals surface area contributed by atoms with Gasteiger partial charge in [0.25, 0.3) is 11.6 Å². The number of non-ortho nitro benzene ring substituents is 1. The Morgan fingerprint density at radius 1 is 1.44 bits per heavy atom. The van der Waals surface area contributed by atoms with Crippen molar-refractivity contribution < 1.29 is 9.72 Å². The second-order valence-corrected chi connectivity index (χ2v) is 2.61. The van der Waals surface area contributed by atoms with Crippen LogP contribution in [0.15, 0.2) is 18.2 Å². The lowest BCUT2D eigenvalue weighted by atomic mass is 10.1. The number of hydrogen-bond acceptors (Lipinski definition) is 4. The van der Waals surface area contributed by atoms with E-state index in [1.165, 1.54) is 19.2 Å². The molecule has 0 bridgehead atoms. The van der Waals surface area contributed by atoms with Gasteiger partial charge in [-0.2, -0.15) is 0 Å². The molecule has 0 fully saturated rings. The van der Waals surface area contributed by atoms with Gasteiger partial charge in [-0.05, 0) is 6.07 Å². The Morgan fingerprint density at radius 3 is 2.44 bits per heavy atom. The Morgan fingerprint density at radius 2 is 2.00 bits per heavy atom.